The first-order chi connectivity index (χ1) is 7.61. The van der Waals surface area contributed by atoms with Gasteiger partial charge >= 0.3 is 0 Å². The molecular formula is C10H18ClN5O. The Bertz CT molecular complexity index is 405. The highest BCUT2D eigenvalue weighted by molar-refractivity contribution is 5.93. The predicted molar refractivity (Wildman–Crippen MR) is 66.4 cm³/mol. The Morgan fingerprint density at radius 1 is 1.53 bits per heavy atom. The number of aryl methyl sites for hydroxylation is 1. The maximum Gasteiger partial charge on any atom is 0.276 e. The molecule has 0 bridgehead atoms. The van der Waals surface area contributed by atoms with E-state index < -0.39 is 0 Å². The molecule has 1 aliphatic heterocycles. The number of carbonyl (C=O) groups excluding carboxylic acids is 1. The summed E-state index contributed by atoms with van der Waals surface area (Å²) in [7, 11) is 1.79. The van der Waals surface area contributed by atoms with Gasteiger partial charge < -0.3 is 10.2 Å². The molecule has 0 aliphatic carbocycles. The van der Waals surface area contributed by atoms with Crippen molar-refractivity contribution in [1.29, 1.82) is 0 Å². The maximum absolute atomic E-state index is 12.2. The fourth-order valence-corrected chi connectivity index (χ4v) is 1.88. The van der Waals surface area contributed by atoms with Gasteiger partial charge in [-0.2, -0.15) is 0 Å². The molecule has 0 saturated carbocycles. The van der Waals surface area contributed by atoms with E-state index in [1.165, 1.54) is 0 Å². The van der Waals surface area contributed by atoms with Crippen LogP contribution in [0.25, 0.3) is 0 Å². The average Bonchev–Trinajstić information content (AvgIpc) is 2.60. The first-order valence-electron chi connectivity index (χ1n) is 5.49. The number of nitrogens with one attached hydrogen (secondary N) is 1. The van der Waals surface area contributed by atoms with Crippen LogP contribution < -0.4 is 5.32 Å². The lowest BCUT2D eigenvalue weighted by Gasteiger charge is -2.33. The summed E-state index contributed by atoms with van der Waals surface area (Å²) in [6.45, 7) is 6.31. The monoisotopic (exact) mass is 259 g/mol. The molecule has 1 aliphatic rings. The zero-order valence-corrected chi connectivity index (χ0v) is 11.1. The van der Waals surface area contributed by atoms with Crippen LogP contribution in [0, 0.1) is 6.92 Å². The van der Waals surface area contributed by atoms with Crippen molar-refractivity contribution >= 4 is 18.3 Å². The number of rotatable bonds is 1. The van der Waals surface area contributed by atoms with Crippen LogP contribution in [0.1, 0.15) is 23.1 Å². The molecule has 2 heterocycles. The number of hydrogen-bond acceptors (Lipinski definition) is 4. The van der Waals surface area contributed by atoms with E-state index in [1.54, 1.807) is 11.7 Å². The molecule has 1 saturated heterocycles. The molecule has 1 aromatic rings. The molecule has 1 N–H and O–H groups in total. The van der Waals surface area contributed by atoms with Gasteiger partial charge in [0.15, 0.2) is 5.69 Å². The molecule has 0 radical (unpaired) electrons. The minimum Gasteiger partial charge on any atom is -0.332 e. The van der Waals surface area contributed by atoms with E-state index in [-0.39, 0.29) is 24.4 Å². The molecule has 0 unspecified atom stereocenters. The van der Waals surface area contributed by atoms with Crippen molar-refractivity contribution in [2.24, 2.45) is 7.05 Å². The third-order valence-electron chi connectivity index (χ3n) is 3.07. The van der Waals surface area contributed by atoms with Gasteiger partial charge in [-0.05, 0) is 13.8 Å². The molecule has 96 valence electrons. The quantitative estimate of drug-likeness (QED) is 0.770. The van der Waals surface area contributed by atoms with Gasteiger partial charge in [-0.3, -0.25) is 9.48 Å². The minimum absolute atomic E-state index is 0. The number of hydrogen-bond donors (Lipinski definition) is 1. The van der Waals surface area contributed by atoms with Crippen molar-refractivity contribution in [3.05, 3.63) is 11.4 Å². The number of aromatic nitrogens is 3. The standard InChI is InChI=1S/C10H17N5O.ClH/c1-7-6-11-4-5-15(7)10(16)9-8(2)14(3)13-12-9;/h7,11H,4-6H2,1-3H3;1H/t7-;/m0./s1. The summed E-state index contributed by atoms with van der Waals surface area (Å²) < 4.78 is 1.63. The van der Waals surface area contributed by atoms with Gasteiger partial charge in [0.1, 0.15) is 0 Å². The summed E-state index contributed by atoms with van der Waals surface area (Å²) in [6.07, 6.45) is 0. The first-order valence-corrected chi connectivity index (χ1v) is 5.49. The fourth-order valence-electron chi connectivity index (χ4n) is 1.88. The van der Waals surface area contributed by atoms with Crippen LogP contribution in [-0.2, 0) is 7.05 Å². The second-order valence-corrected chi connectivity index (χ2v) is 4.20. The van der Waals surface area contributed by atoms with Crippen LogP contribution in [-0.4, -0.2) is 51.5 Å². The van der Waals surface area contributed by atoms with E-state index in [4.69, 9.17) is 0 Å². The zero-order chi connectivity index (χ0) is 11.7. The Kier molecular flexibility index (Phi) is 4.47. The molecule has 1 aromatic heterocycles. The molecule has 1 atom stereocenters. The van der Waals surface area contributed by atoms with Gasteiger partial charge in [0.05, 0.1) is 5.69 Å². The topological polar surface area (TPSA) is 63.1 Å². The SMILES string of the molecule is Cc1c(C(=O)N2CCNC[C@@H]2C)nnn1C.Cl. The van der Waals surface area contributed by atoms with Crippen LogP contribution >= 0.6 is 12.4 Å². The molecule has 2 rings (SSSR count). The molecular weight excluding hydrogens is 242 g/mol. The number of piperazine rings is 1. The maximum atomic E-state index is 12.2. The largest absolute Gasteiger partial charge is 0.332 e. The Labute approximate surface area is 107 Å². The summed E-state index contributed by atoms with van der Waals surface area (Å²) in [5.74, 6) is -0.0143. The summed E-state index contributed by atoms with van der Waals surface area (Å²) in [4.78, 5) is 14.1. The van der Waals surface area contributed by atoms with E-state index in [9.17, 15) is 4.79 Å². The van der Waals surface area contributed by atoms with Crippen molar-refractivity contribution in [2.75, 3.05) is 19.6 Å². The van der Waals surface area contributed by atoms with Crippen LogP contribution in [0.3, 0.4) is 0 Å². The van der Waals surface area contributed by atoms with Gasteiger partial charge in [0, 0.05) is 32.7 Å². The van der Waals surface area contributed by atoms with Crippen molar-refractivity contribution < 1.29 is 4.79 Å². The number of nitrogens with zero attached hydrogens (tertiary/aromatic N) is 4. The summed E-state index contributed by atoms with van der Waals surface area (Å²) in [6, 6.07) is 0.211. The number of halogens is 1. The molecule has 6 nitrogen and oxygen atoms in total. The highest BCUT2D eigenvalue weighted by atomic mass is 35.5. The van der Waals surface area contributed by atoms with Gasteiger partial charge in [0.25, 0.3) is 5.91 Å². The summed E-state index contributed by atoms with van der Waals surface area (Å²) >= 11 is 0. The second-order valence-electron chi connectivity index (χ2n) is 4.20. The second kappa shape index (κ2) is 5.46. The molecule has 0 spiro atoms. The Hall–Kier alpha value is -1.14. The zero-order valence-electron chi connectivity index (χ0n) is 10.3. The first kappa shape index (κ1) is 13.9. The third kappa shape index (κ3) is 2.58. The Morgan fingerprint density at radius 2 is 2.24 bits per heavy atom. The smallest absolute Gasteiger partial charge is 0.276 e. The van der Waals surface area contributed by atoms with Gasteiger partial charge in [-0.25, -0.2) is 0 Å². The third-order valence-corrected chi connectivity index (χ3v) is 3.07. The van der Waals surface area contributed by atoms with E-state index in [0.29, 0.717) is 5.69 Å². The van der Waals surface area contributed by atoms with Crippen molar-refractivity contribution in [3.63, 3.8) is 0 Å². The molecule has 1 fully saturated rings. The lowest BCUT2D eigenvalue weighted by Crippen LogP contribution is -2.52. The molecule has 7 heteroatoms. The summed E-state index contributed by atoms with van der Waals surface area (Å²) in [5, 5.41) is 11.0. The Balaban J connectivity index is 0.00000144. The lowest BCUT2D eigenvalue weighted by molar-refractivity contribution is 0.0648. The van der Waals surface area contributed by atoms with Crippen LogP contribution in [0.5, 0.6) is 0 Å². The average molecular weight is 260 g/mol. The van der Waals surface area contributed by atoms with Crippen molar-refractivity contribution in [3.8, 4) is 0 Å². The van der Waals surface area contributed by atoms with Gasteiger partial charge in [-0.1, -0.05) is 5.21 Å². The highest BCUT2D eigenvalue weighted by Crippen LogP contribution is 2.10. The predicted octanol–water partition coefficient (Wildman–Crippen LogP) is -0.0208. The molecule has 1 amide bonds. The minimum atomic E-state index is -0.0143. The van der Waals surface area contributed by atoms with E-state index in [1.807, 2.05) is 18.7 Å². The number of carbonyl (C=O) groups is 1. The number of amides is 1. The normalized spacial score (nSPS) is 19.9. The van der Waals surface area contributed by atoms with Crippen molar-refractivity contribution in [1.82, 2.24) is 25.2 Å². The van der Waals surface area contributed by atoms with Crippen LogP contribution in [0.15, 0.2) is 0 Å². The van der Waals surface area contributed by atoms with Crippen LogP contribution in [0.2, 0.25) is 0 Å². The fraction of sp³-hybridized carbons (Fsp3) is 0.700. The van der Waals surface area contributed by atoms with Crippen LogP contribution in [0.4, 0.5) is 0 Å². The summed E-state index contributed by atoms with van der Waals surface area (Å²) in [5.41, 5.74) is 1.28. The Morgan fingerprint density at radius 3 is 2.76 bits per heavy atom. The lowest BCUT2D eigenvalue weighted by atomic mass is 10.2. The molecule has 17 heavy (non-hydrogen) atoms. The van der Waals surface area contributed by atoms with E-state index in [0.717, 1.165) is 25.3 Å². The van der Waals surface area contributed by atoms with E-state index in [2.05, 4.69) is 15.6 Å². The van der Waals surface area contributed by atoms with Gasteiger partial charge in [0.2, 0.25) is 0 Å². The van der Waals surface area contributed by atoms with Gasteiger partial charge in [-0.15, -0.1) is 17.5 Å². The molecule has 0 aromatic carbocycles. The van der Waals surface area contributed by atoms with E-state index >= 15 is 0 Å². The van der Waals surface area contributed by atoms with Crippen molar-refractivity contribution in [2.45, 2.75) is 19.9 Å². The highest BCUT2D eigenvalue weighted by Gasteiger charge is 2.27.